The molecule has 1 aliphatic rings. The molecular formula is C24H16Cl2FNO3S2. The SMILES string of the molecule is COc1ccc(N2C(=O)/C(=C\c3cccc(OCc4c(F)cccc4Cl)c3)SC2=S)cc1Cl. The highest BCUT2D eigenvalue weighted by molar-refractivity contribution is 8.27. The minimum absolute atomic E-state index is 0.0185. The lowest BCUT2D eigenvalue weighted by Gasteiger charge is -2.15. The Morgan fingerprint density at radius 1 is 1.09 bits per heavy atom. The molecule has 0 radical (unpaired) electrons. The minimum Gasteiger partial charge on any atom is -0.495 e. The summed E-state index contributed by atoms with van der Waals surface area (Å²) in [4.78, 5) is 14.9. The third-order valence-corrected chi connectivity index (χ3v) is 6.74. The van der Waals surface area contributed by atoms with Crippen LogP contribution in [0.15, 0.2) is 65.6 Å². The van der Waals surface area contributed by atoms with Gasteiger partial charge in [0.15, 0.2) is 4.32 Å². The van der Waals surface area contributed by atoms with Crippen molar-refractivity contribution in [1.29, 1.82) is 0 Å². The van der Waals surface area contributed by atoms with Crippen molar-refractivity contribution in [2.45, 2.75) is 6.61 Å². The Morgan fingerprint density at radius 3 is 2.61 bits per heavy atom. The van der Waals surface area contributed by atoms with E-state index in [1.165, 1.54) is 35.9 Å². The number of methoxy groups -OCH3 is 1. The first-order valence-corrected chi connectivity index (χ1v) is 11.6. The standard InChI is InChI=1S/C24H16Cl2FNO3S2/c1-30-21-9-8-15(12-19(21)26)28-23(29)22(33-24(28)32)11-14-4-2-5-16(10-14)31-13-17-18(25)6-3-7-20(17)27/h2-12H,13H2,1H3/b22-11+. The van der Waals surface area contributed by atoms with Crippen molar-refractivity contribution in [2.24, 2.45) is 0 Å². The lowest BCUT2D eigenvalue weighted by Crippen LogP contribution is -2.27. The molecule has 168 valence electrons. The topological polar surface area (TPSA) is 38.8 Å². The summed E-state index contributed by atoms with van der Waals surface area (Å²) in [7, 11) is 1.52. The van der Waals surface area contributed by atoms with E-state index in [2.05, 4.69) is 0 Å². The van der Waals surface area contributed by atoms with E-state index in [0.717, 1.165) is 5.56 Å². The van der Waals surface area contributed by atoms with Crippen LogP contribution in [0.2, 0.25) is 10.0 Å². The average Bonchev–Trinajstić information content (AvgIpc) is 3.06. The summed E-state index contributed by atoms with van der Waals surface area (Å²) in [5, 5.41) is 0.682. The van der Waals surface area contributed by atoms with E-state index in [4.69, 9.17) is 44.9 Å². The molecule has 33 heavy (non-hydrogen) atoms. The molecule has 0 saturated carbocycles. The molecule has 0 N–H and O–H groups in total. The first-order chi connectivity index (χ1) is 15.9. The van der Waals surface area contributed by atoms with Gasteiger partial charge in [0.25, 0.3) is 5.91 Å². The van der Waals surface area contributed by atoms with Crippen LogP contribution in [0.4, 0.5) is 10.1 Å². The number of amides is 1. The van der Waals surface area contributed by atoms with Crippen molar-refractivity contribution in [3.8, 4) is 11.5 Å². The Bertz CT molecular complexity index is 1260. The van der Waals surface area contributed by atoms with Crippen molar-refractivity contribution >= 4 is 69.2 Å². The van der Waals surface area contributed by atoms with Crippen molar-refractivity contribution < 1.29 is 18.7 Å². The fraction of sp³-hybridized carbons (Fsp3) is 0.0833. The molecule has 0 atom stereocenters. The second-order valence-electron chi connectivity index (χ2n) is 6.90. The number of benzene rings is 3. The molecule has 3 aromatic rings. The molecule has 1 fully saturated rings. The predicted octanol–water partition coefficient (Wildman–Crippen LogP) is 7.13. The van der Waals surface area contributed by atoms with Crippen LogP contribution >= 0.6 is 47.2 Å². The number of ether oxygens (including phenoxy) is 2. The smallest absolute Gasteiger partial charge is 0.270 e. The lowest BCUT2D eigenvalue weighted by molar-refractivity contribution is -0.113. The summed E-state index contributed by atoms with van der Waals surface area (Å²) in [6.07, 6.45) is 1.73. The highest BCUT2D eigenvalue weighted by atomic mass is 35.5. The van der Waals surface area contributed by atoms with Gasteiger partial charge in [0.1, 0.15) is 23.9 Å². The van der Waals surface area contributed by atoms with Crippen LogP contribution in [-0.4, -0.2) is 17.3 Å². The van der Waals surface area contributed by atoms with Crippen LogP contribution in [0.3, 0.4) is 0 Å². The van der Waals surface area contributed by atoms with Crippen LogP contribution in [0.5, 0.6) is 11.5 Å². The van der Waals surface area contributed by atoms with Crippen LogP contribution in [0.25, 0.3) is 6.08 Å². The first-order valence-electron chi connectivity index (χ1n) is 9.64. The molecule has 0 aromatic heterocycles. The summed E-state index contributed by atoms with van der Waals surface area (Å²) in [5.74, 6) is 0.340. The van der Waals surface area contributed by atoms with Gasteiger partial charge in [0.2, 0.25) is 0 Å². The molecule has 1 saturated heterocycles. The monoisotopic (exact) mass is 519 g/mol. The molecule has 0 aliphatic carbocycles. The van der Waals surface area contributed by atoms with E-state index >= 15 is 0 Å². The van der Waals surface area contributed by atoms with Crippen molar-refractivity contribution in [1.82, 2.24) is 0 Å². The van der Waals surface area contributed by atoms with Gasteiger partial charge in [-0.15, -0.1) is 0 Å². The van der Waals surface area contributed by atoms with Gasteiger partial charge >= 0.3 is 0 Å². The number of anilines is 1. The van der Waals surface area contributed by atoms with Crippen molar-refractivity contribution in [3.05, 3.63) is 92.6 Å². The Kier molecular flexibility index (Phi) is 7.24. The molecule has 0 bridgehead atoms. The Balaban J connectivity index is 1.53. The second kappa shape index (κ2) is 10.1. The number of hydrogen-bond acceptors (Lipinski definition) is 5. The molecular weight excluding hydrogens is 504 g/mol. The van der Waals surface area contributed by atoms with Gasteiger partial charge in [-0.3, -0.25) is 9.69 Å². The molecule has 9 heteroatoms. The van der Waals surface area contributed by atoms with E-state index in [-0.39, 0.29) is 18.1 Å². The van der Waals surface area contributed by atoms with Crippen LogP contribution in [-0.2, 0) is 11.4 Å². The Morgan fingerprint density at radius 2 is 1.88 bits per heavy atom. The van der Waals surface area contributed by atoms with Gasteiger partial charge in [-0.25, -0.2) is 4.39 Å². The lowest BCUT2D eigenvalue weighted by atomic mass is 10.2. The van der Waals surface area contributed by atoms with Gasteiger partial charge < -0.3 is 9.47 Å². The number of carbonyl (C=O) groups excluding carboxylic acids is 1. The van der Waals surface area contributed by atoms with E-state index < -0.39 is 5.82 Å². The van der Waals surface area contributed by atoms with Crippen LogP contribution < -0.4 is 14.4 Å². The second-order valence-corrected chi connectivity index (χ2v) is 9.39. The molecule has 4 rings (SSSR count). The van der Waals surface area contributed by atoms with E-state index in [1.54, 1.807) is 48.5 Å². The number of thiocarbonyl (C=S) groups is 1. The maximum Gasteiger partial charge on any atom is 0.270 e. The molecule has 0 spiro atoms. The number of carbonyl (C=O) groups is 1. The zero-order chi connectivity index (χ0) is 23.5. The molecule has 1 amide bonds. The van der Waals surface area contributed by atoms with Crippen molar-refractivity contribution in [3.63, 3.8) is 0 Å². The fourth-order valence-corrected chi connectivity index (χ4v) is 4.92. The van der Waals surface area contributed by atoms with E-state index in [1.807, 2.05) is 6.07 Å². The summed E-state index contributed by atoms with van der Waals surface area (Å²) in [6, 6.07) is 16.6. The van der Waals surface area contributed by atoms with Crippen molar-refractivity contribution in [2.75, 3.05) is 12.0 Å². The third-order valence-electron chi connectivity index (χ3n) is 4.79. The maximum atomic E-state index is 14.0. The minimum atomic E-state index is -0.430. The summed E-state index contributed by atoms with van der Waals surface area (Å²) in [5.41, 5.74) is 1.58. The number of nitrogens with zero attached hydrogens (tertiary/aromatic N) is 1. The highest BCUT2D eigenvalue weighted by Gasteiger charge is 2.33. The zero-order valence-electron chi connectivity index (χ0n) is 17.2. The van der Waals surface area contributed by atoms with Crippen LogP contribution in [0.1, 0.15) is 11.1 Å². The normalized spacial score (nSPS) is 14.8. The summed E-state index contributed by atoms with van der Waals surface area (Å²) >= 11 is 18.9. The van der Waals surface area contributed by atoms with E-state index in [0.29, 0.717) is 36.5 Å². The summed E-state index contributed by atoms with van der Waals surface area (Å²) in [6.45, 7) is -0.0185. The largest absolute Gasteiger partial charge is 0.495 e. The number of halogens is 3. The predicted molar refractivity (Wildman–Crippen MR) is 136 cm³/mol. The maximum absolute atomic E-state index is 14.0. The van der Waals surface area contributed by atoms with Gasteiger partial charge in [-0.05, 0) is 54.1 Å². The Labute approximate surface area is 209 Å². The molecule has 3 aromatic carbocycles. The van der Waals surface area contributed by atoms with Gasteiger partial charge in [0, 0.05) is 5.56 Å². The van der Waals surface area contributed by atoms with Gasteiger partial charge in [-0.2, -0.15) is 0 Å². The zero-order valence-corrected chi connectivity index (χ0v) is 20.3. The molecule has 1 aliphatic heterocycles. The highest BCUT2D eigenvalue weighted by Crippen LogP contribution is 2.38. The van der Waals surface area contributed by atoms with E-state index in [9.17, 15) is 9.18 Å². The molecule has 0 unspecified atom stereocenters. The molecule has 1 heterocycles. The fourth-order valence-electron chi connectivity index (χ4n) is 3.16. The number of hydrogen-bond donors (Lipinski definition) is 0. The summed E-state index contributed by atoms with van der Waals surface area (Å²) < 4.78 is 25.3. The number of rotatable bonds is 6. The van der Waals surface area contributed by atoms with Gasteiger partial charge in [-0.1, -0.05) is 65.4 Å². The third kappa shape index (κ3) is 5.17. The first kappa shape index (κ1) is 23.6. The average molecular weight is 520 g/mol. The van der Waals surface area contributed by atoms with Gasteiger partial charge in [0.05, 0.1) is 27.7 Å². The van der Waals surface area contributed by atoms with Crippen LogP contribution in [0, 0.1) is 5.82 Å². The Hall–Kier alpha value is -2.58. The molecule has 4 nitrogen and oxygen atoms in total. The number of thioether (sulfide) groups is 1. The quantitative estimate of drug-likeness (QED) is 0.256.